The zero-order valence-corrected chi connectivity index (χ0v) is 13.9. The lowest BCUT2D eigenvalue weighted by molar-refractivity contribution is 0.553. The van der Waals surface area contributed by atoms with Crippen LogP contribution >= 0.6 is 43.2 Å². The third-order valence-corrected chi connectivity index (χ3v) is 4.99. The molecular weight excluding hydrogens is 376 g/mol. The van der Waals surface area contributed by atoms with Crippen LogP contribution in [0.4, 0.5) is 0 Å². The molecule has 1 aromatic carbocycles. The molecule has 0 bridgehead atoms. The SMILES string of the molecule is Cc1ccc(Br)cc1C(Cc1ccc(Br)s1)NN. The Labute approximate surface area is 128 Å². The number of nitrogens with two attached hydrogens (primary N) is 1. The molecule has 96 valence electrons. The second kappa shape index (κ2) is 6.30. The standard InChI is InChI=1S/C13H14Br2N2S/c1-8-2-3-9(14)6-11(8)12(17-16)7-10-4-5-13(15)18-10/h2-6,12,17H,7,16H2,1H3. The first-order chi connectivity index (χ1) is 8.60. The Morgan fingerprint density at radius 3 is 2.67 bits per heavy atom. The van der Waals surface area contributed by atoms with Gasteiger partial charge in [0.05, 0.1) is 9.83 Å². The fourth-order valence-electron chi connectivity index (χ4n) is 1.91. The number of aryl methyl sites for hydroxylation is 1. The van der Waals surface area contributed by atoms with Gasteiger partial charge in [0.2, 0.25) is 0 Å². The van der Waals surface area contributed by atoms with Gasteiger partial charge in [-0.05, 0) is 58.2 Å². The smallest absolute Gasteiger partial charge is 0.0701 e. The third kappa shape index (κ3) is 3.42. The van der Waals surface area contributed by atoms with E-state index >= 15 is 0 Å². The molecule has 1 atom stereocenters. The van der Waals surface area contributed by atoms with E-state index < -0.39 is 0 Å². The van der Waals surface area contributed by atoms with Gasteiger partial charge < -0.3 is 0 Å². The molecule has 0 radical (unpaired) electrons. The Kier molecular flexibility index (Phi) is 4.98. The molecule has 0 saturated heterocycles. The van der Waals surface area contributed by atoms with E-state index in [0.717, 1.165) is 14.7 Å². The van der Waals surface area contributed by atoms with Gasteiger partial charge in [0.25, 0.3) is 0 Å². The number of hydrogen-bond acceptors (Lipinski definition) is 3. The van der Waals surface area contributed by atoms with Crippen molar-refractivity contribution in [3.63, 3.8) is 0 Å². The van der Waals surface area contributed by atoms with E-state index in [9.17, 15) is 0 Å². The molecule has 0 aliphatic rings. The molecule has 0 spiro atoms. The molecule has 1 unspecified atom stereocenters. The summed E-state index contributed by atoms with van der Waals surface area (Å²) < 4.78 is 2.23. The first kappa shape index (κ1) is 14.2. The summed E-state index contributed by atoms with van der Waals surface area (Å²) in [4.78, 5) is 1.31. The lowest BCUT2D eigenvalue weighted by Crippen LogP contribution is -2.29. The van der Waals surface area contributed by atoms with Crippen molar-refractivity contribution in [3.05, 3.63) is 54.6 Å². The van der Waals surface area contributed by atoms with Crippen LogP contribution in [0.3, 0.4) is 0 Å². The fraction of sp³-hybridized carbons (Fsp3) is 0.231. The van der Waals surface area contributed by atoms with Crippen LogP contribution in [0.5, 0.6) is 0 Å². The number of rotatable bonds is 4. The summed E-state index contributed by atoms with van der Waals surface area (Å²) in [6, 6.07) is 10.6. The van der Waals surface area contributed by atoms with Gasteiger partial charge in [0.15, 0.2) is 0 Å². The first-order valence-electron chi connectivity index (χ1n) is 5.56. The largest absolute Gasteiger partial charge is 0.271 e. The molecule has 1 aromatic heterocycles. The number of halogens is 2. The second-order valence-electron chi connectivity index (χ2n) is 4.13. The molecule has 0 aliphatic carbocycles. The predicted octanol–water partition coefficient (Wildman–Crippen LogP) is 4.33. The quantitative estimate of drug-likeness (QED) is 0.603. The van der Waals surface area contributed by atoms with E-state index in [2.05, 4.69) is 68.5 Å². The van der Waals surface area contributed by atoms with E-state index in [0.29, 0.717) is 0 Å². The molecular formula is C13H14Br2N2S. The molecule has 18 heavy (non-hydrogen) atoms. The van der Waals surface area contributed by atoms with Crippen LogP contribution in [-0.4, -0.2) is 0 Å². The number of thiophene rings is 1. The Bertz CT molecular complexity index is 540. The molecule has 0 amide bonds. The van der Waals surface area contributed by atoms with Crippen molar-refractivity contribution < 1.29 is 0 Å². The van der Waals surface area contributed by atoms with Crippen LogP contribution in [0.15, 0.2) is 38.6 Å². The maximum Gasteiger partial charge on any atom is 0.0701 e. The molecule has 5 heteroatoms. The summed E-state index contributed by atoms with van der Waals surface area (Å²) in [5.74, 6) is 5.71. The third-order valence-electron chi connectivity index (χ3n) is 2.85. The number of benzene rings is 1. The van der Waals surface area contributed by atoms with Crippen molar-refractivity contribution >= 4 is 43.2 Å². The Morgan fingerprint density at radius 1 is 1.28 bits per heavy atom. The lowest BCUT2D eigenvalue weighted by atomic mass is 9.99. The topological polar surface area (TPSA) is 38.0 Å². The van der Waals surface area contributed by atoms with Crippen LogP contribution in [-0.2, 0) is 6.42 Å². The van der Waals surface area contributed by atoms with Crippen molar-refractivity contribution in [2.75, 3.05) is 0 Å². The average molecular weight is 390 g/mol. The van der Waals surface area contributed by atoms with Gasteiger partial charge in [-0.1, -0.05) is 22.0 Å². The molecule has 2 nitrogen and oxygen atoms in total. The summed E-state index contributed by atoms with van der Waals surface area (Å²) >= 11 is 8.74. The normalized spacial score (nSPS) is 12.7. The Morgan fingerprint density at radius 2 is 2.06 bits per heavy atom. The fourth-order valence-corrected chi connectivity index (χ4v) is 3.82. The van der Waals surface area contributed by atoms with E-state index in [4.69, 9.17) is 5.84 Å². The van der Waals surface area contributed by atoms with Crippen LogP contribution < -0.4 is 11.3 Å². The second-order valence-corrected chi connectivity index (χ2v) is 7.59. The van der Waals surface area contributed by atoms with E-state index in [1.54, 1.807) is 11.3 Å². The van der Waals surface area contributed by atoms with Gasteiger partial charge in [-0.2, -0.15) is 0 Å². The molecule has 0 fully saturated rings. The number of hydrogen-bond donors (Lipinski definition) is 2. The Hall–Kier alpha value is -0.200. The summed E-state index contributed by atoms with van der Waals surface area (Å²) in [6.45, 7) is 2.11. The minimum absolute atomic E-state index is 0.132. The zero-order chi connectivity index (χ0) is 13.1. The first-order valence-corrected chi connectivity index (χ1v) is 7.97. The van der Waals surface area contributed by atoms with Crippen molar-refractivity contribution in [1.82, 2.24) is 5.43 Å². The maximum atomic E-state index is 5.71. The molecule has 1 heterocycles. The van der Waals surface area contributed by atoms with Gasteiger partial charge in [0.1, 0.15) is 0 Å². The maximum absolute atomic E-state index is 5.71. The summed E-state index contributed by atoms with van der Waals surface area (Å²) in [7, 11) is 0. The summed E-state index contributed by atoms with van der Waals surface area (Å²) in [5, 5.41) is 0. The molecule has 0 aliphatic heterocycles. The average Bonchev–Trinajstić information content (AvgIpc) is 2.75. The highest BCUT2D eigenvalue weighted by Crippen LogP contribution is 2.29. The zero-order valence-electron chi connectivity index (χ0n) is 9.91. The molecule has 3 N–H and O–H groups in total. The van der Waals surface area contributed by atoms with Crippen LogP contribution in [0, 0.1) is 6.92 Å². The van der Waals surface area contributed by atoms with E-state index in [-0.39, 0.29) is 6.04 Å². The number of hydrazine groups is 1. The predicted molar refractivity (Wildman–Crippen MR) is 84.7 cm³/mol. The van der Waals surface area contributed by atoms with Crippen LogP contribution in [0.25, 0.3) is 0 Å². The lowest BCUT2D eigenvalue weighted by Gasteiger charge is -2.18. The molecule has 2 aromatic rings. The minimum atomic E-state index is 0.132. The monoisotopic (exact) mass is 388 g/mol. The van der Waals surface area contributed by atoms with Crippen molar-refractivity contribution in [3.8, 4) is 0 Å². The summed E-state index contributed by atoms with van der Waals surface area (Å²) in [5.41, 5.74) is 5.39. The number of nitrogens with one attached hydrogen (secondary N) is 1. The van der Waals surface area contributed by atoms with Crippen molar-refractivity contribution in [2.45, 2.75) is 19.4 Å². The minimum Gasteiger partial charge on any atom is -0.271 e. The van der Waals surface area contributed by atoms with Crippen LogP contribution in [0.1, 0.15) is 22.0 Å². The van der Waals surface area contributed by atoms with E-state index in [1.807, 2.05) is 6.07 Å². The highest BCUT2D eigenvalue weighted by atomic mass is 79.9. The van der Waals surface area contributed by atoms with E-state index in [1.165, 1.54) is 16.0 Å². The van der Waals surface area contributed by atoms with Gasteiger partial charge >= 0.3 is 0 Å². The van der Waals surface area contributed by atoms with Gasteiger partial charge in [-0.25, -0.2) is 0 Å². The van der Waals surface area contributed by atoms with Gasteiger partial charge in [0, 0.05) is 15.8 Å². The highest BCUT2D eigenvalue weighted by Gasteiger charge is 2.14. The van der Waals surface area contributed by atoms with Crippen LogP contribution in [0.2, 0.25) is 0 Å². The molecule has 2 rings (SSSR count). The highest BCUT2D eigenvalue weighted by molar-refractivity contribution is 9.11. The van der Waals surface area contributed by atoms with Crippen molar-refractivity contribution in [2.24, 2.45) is 5.84 Å². The van der Waals surface area contributed by atoms with Crippen molar-refractivity contribution in [1.29, 1.82) is 0 Å². The molecule has 0 saturated carbocycles. The van der Waals surface area contributed by atoms with Gasteiger partial charge in [-0.3, -0.25) is 11.3 Å². The summed E-state index contributed by atoms with van der Waals surface area (Å²) in [6.07, 6.45) is 0.893. The Balaban J connectivity index is 2.25. The van der Waals surface area contributed by atoms with Gasteiger partial charge in [-0.15, -0.1) is 11.3 Å².